The van der Waals surface area contributed by atoms with Crippen LogP contribution in [0.15, 0.2) is 18.2 Å². The Morgan fingerprint density at radius 1 is 1.46 bits per heavy atom. The molecule has 0 bridgehead atoms. The van der Waals surface area contributed by atoms with Gasteiger partial charge in [-0.05, 0) is 18.6 Å². The number of aryl methyl sites for hydroxylation is 1. The molecule has 0 spiro atoms. The van der Waals surface area contributed by atoms with Crippen molar-refractivity contribution in [3.63, 3.8) is 0 Å². The van der Waals surface area contributed by atoms with Crippen molar-refractivity contribution in [2.24, 2.45) is 0 Å². The minimum absolute atomic E-state index is 0.0401. The van der Waals surface area contributed by atoms with E-state index < -0.39 is 6.08 Å². The van der Waals surface area contributed by atoms with E-state index in [1.165, 1.54) is 6.07 Å². The van der Waals surface area contributed by atoms with Crippen LogP contribution in [0.5, 0.6) is 5.75 Å². The zero-order valence-electron chi connectivity index (χ0n) is 6.81. The predicted octanol–water partition coefficient (Wildman–Crippen LogP) is 3.59. The van der Waals surface area contributed by atoms with Crippen LogP contribution in [0.3, 0.4) is 0 Å². The number of hydrogen-bond acceptors (Lipinski definition) is 1. The molecule has 1 rings (SSSR count). The van der Waals surface area contributed by atoms with E-state index in [2.05, 4.69) is 0 Å². The summed E-state index contributed by atoms with van der Waals surface area (Å²) in [7, 11) is 0. The molecule has 0 fully saturated rings. The molecule has 1 aromatic carbocycles. The van der Waals surface area contributed by atoms with E-state index in [1.807, 2.05) is 0 Å². The Bertz CT molecular complexity index is 357. The summed E-state index contributed by atoms with van der Waals surface area (Å²) < 4.78 is 23.8. The van der Waals surface area contributed by atoms with Gasteiger partial charge in [-0.1, -0.05) is 17.7 Å². The smallest absolute Gasteiger partial charge is 0.271 e. The van der Waals surface area contributed by atoms with Crippen LogP contribution in [0.4, 0.5) is 8.78 Å². The van der Waals surface area contributed by atoms with E-state index in [9.17, 15) is 13.9 Å². The van der Waals surface area contributed by atoms with Crippen molar-refractivity contribution in [2.45, 2.75) is 6.92 Å². The summed E-state index contributed by atoms with van der Waals surface area (Å²) in [6.07, 6.45) is -1.34. The third-order valence-corrected chi connectivity index (χ3v) is 1.95. The van der Waals surface area contributed by atoms with Crippen LogP contribution >= 0.6 is 11.6 Å². The number of benzene rings is 1. The Morgan fingerprint density at radius 2 is 2.08 bits per heavy atom. The highest BCUT2D eigenvalue weighted by Crippen LogP contribution is 2.31. The van der Waals surface area contributed by atoms with Gasteiger partial charge in [-0.25, -0.2) is 0 Å². The lowest BCUT2D eigenvalue weighted by molar-refractivity contribution is 0.427. The lowest BCUT2D eigenvalue weighted by Gasteiger charge is -2.04. The topological polar surface area (TPSA) is 20.2 Å². The van der Waals surface area contributed by atoms with Gasteiger partial charge in [0.15, 0.2) is 0 Å². The molecule has 0 aliphatic heterocycles. The van der Waals surface area contributed by atoms with Gasteiger partial charge in [-0.15, -0.1) is 0 Å². The Kier molecular flexibility index (Phi) is 2.88. The number of hydrogen-bond donors (Lipinski definition) is 1. The van der Waals surface area contributed by atoms with E-state index in [1.54, 1.807) is 13.0 Å². The number of phenolic OH excluding ortho intramolecular Hbond substituents is 1. The monoisotopic (exact) mass is 204 g/mol. The van der Waals surface area contributed by atoms with Crippen molar-refractivity contribution >= 4 is 17.7 Å². The fourth-order valence-corrected chi connectivity index (χ4v) is 1.15. The first-order chi connectivity index (χ1) is 6.02. The minimum atomic E-state index is -1.89. The van der Waals surface area contributed by atoms with Gasteiger partial charge in [0.05, 0.1) is 5.02 Å². The average molecular weight is 205 g/mol. The molecule has 0 unspecified atom stereocenters. The Hall–Kier alpha value is -1.09. The molecule has 0 saturated carbocycles. The maximum atomic E-state index is 11.9. The second kappa shape index (κ2) is 3.75. The van der Waals surface area contributed by atoms with Crippen LogP contribution in [0.1, 0.15) is 11.1 Å². The number of phenols is 1. The third-order valence-electron chi connectivity index (χ3n) is 1.62. The van der Waals surface area contributed by atoms with Gasteiger partial charge < -0.3 is 5.11 Å². The molecule has 13 heavy (non-hydrogen) atoms. The molecule has 0 amide bonds. The Balaban J connectivity index is 3.34. The lowest BCUT2D eigenvalue weighted by Crippen LogP contribution is -1.82. The highest BCUT2D eigenvalue weighted by Gasteiger charge is 2.07. The molecule has 0 radical (unpaired) electrons. The summed E-state index contributed by atoms with van der Waals surface area (Å²) in [4.78, 5) is 0. The van der Waals surface area contributed by atoms with Gasteiger partial charge in [0, 0.05) is 11.6 Å². The van der Waals surface area contributed by atoms with Crippen LogP contribution in [0.2, 0.25) is 5.02 Å². The van der Waals surface area contributed by atoms with Crippen molar-refractivity contribution in [3.8, 4) is 5.75 Å². The van der Waals surface area contributed by atoms with E-state index in [0.717, 1.165) is 0 Å². The maximum Gasteiger partial charge on any atom is 0.271 e. The first kappa shape index (κ1) is 9.99. The molecule has 0 aromatic heterocycles. The number of rotatable bonds is 1. The quantitative estimate of drug-likeness (QED) is 0.741. The Morgan fingerprint density at radius 3 is 2.62 bits per heavy atom. The fraction of sp³-hybridized carbons (Fsp3) is 0.111. The van der Waals surface area contributed by atoms with E-state index in [0.29, 0.717) is 11.6 Å². The standard InChI is InChI=1S/C9H7ClF2O/c1-5-2-3-7(10)6(9(5)13)4-8(11)12/h2-4,13H,1H3. The summed E-state index contributed by atoms with van der Waals surface area (Å²) in [6, 6.07) is 3.02. The minimum Gasteiger partial charge on any atom is -0.507 e. The van der Waals surface area contributed by atoms with Gasteiger partial charge >= 0.3 is 0 Å². The summed E-state index contributed by atoms with van der Waals surface area (Å²) in [5.41, 5.74) is 0.471. The fourth-order valence-electron chi connectivity index (χ4n) is 0.939. The second-order valence-corrected chi connectivity index (χ2v) is 2.97. The number of halogens is 3. The molecular formula is C9H7ClF2O. The maximum absolute atomic E-state index is 11.9. The SMILES string of the molecule is Cc1ccc(Cl)c(C=C(F)F)c1O. The van der Waals surface area contributed by atoms with Gasteiger partial charge in [0.25, 0.3) is 6.08 Å². The van der Waals surface area contributed by atoms with Crippen LogP contribution in [-0.2, 0) is 0 Å². The normalized spacial score (nSPS) is 9.85. The molecule has 0 atom stereocenters. The van der Waals surface area contributed by atoms with Crippen LogP contribution < -0.4 is 0 Å². The second-order valence-electron chi connectivity index (χ2n) is 2.56. The van der Waals surface area contributed by atoms with Crippen molar-refractivity contribution in [3.05, 3.63) is 34.4 Å². The number of aromatic hydroxyl groups is 1. The van der Waals surface area contributed by atoms with Crippen LogP contribution in [0.25, 0.3) is 6.08 Å². The van der Waals surface area contributed by atoms with Crippen molar-refractivity contribution in [2.75, 3.05) is 0 Å². The highest BCUT2D eigenvalue weighted by atomic mass is 35.5. The molecule has 1 nitrogen and oxygen atoms in total. The molecule has 0 aliphatic carbocycles. The largest absolute Gasteiger partial charge is 0.507 e. The van der Waals surface area contributed by atoms with Crippen LogP contribution in [-0.4, -0.2) is 5.11 Å². The molecule has 4 heteroatoms. The van der Waals surface area contributed by atoms with Gasteiger partial charge in [0.2, 0.25) is 0 Å². The van der Waals surface area contributed by atoms with E-state index >= 15 is 0 Å². The molecule has 70 valence electrons. The molecular weight excluding hydrogens is 198 g/mol. The zero-order chi connectivity index (χ0) is 10.0. The average Bonchev–Trinajstić information content (AvgIpc) is 2.05. The predicted molar refractivity (Wildman–Crippen MR) is 48.0 cm³/mol. The van der Waals surface area contributed by atoms with Gasteiger partial charge in [-0.2, -0.15) is 8.78 Å². The van der Waals surface area contributed by atoms with Crippen molar-refractivity contribution in [1.82, 2.24) is 0 Å². The van der Waals surface area contributed by atoms with Crippen molar-refractivity contribution in [1.29, 1.82) is 0 Å². The molecule has 0 saturated heterocycles. The zero-order valence-corrected chi connectivity index (χ0v) is 7.57. The third kappa shape index (κ3) is 2.18. The lowest BCUT2D eigenvalue weighted by atomic mass is 10.1. The molecule has 1 N–H and O–H groups in total. The van der Waals surface area contributed by atoms with Crippen molar-refractivity contribution < 1.29 is 13.9 Å². The highest BCUT2D eigenvalue weighted by molar-refractivity contribution is 6.32. The summed E-state index contributed by atoms with van der Waals surface area (Å²) in [6.45, 7) is 1.61. The first-order valence-corrected chi connectivity index (χ1v) is 3.91. The molecule has 0 aliphatic rings. The van der Waals surface area contributed by atoms with E-state index in [-0.39, 0.29) is 16.3 Å². The van der Waals surface area contributed by atoms with Gasteiger partial charge in [0.1, 0.15) is 5.75 Å². The summed E-state index contributed by atoms with van der Waals surface area (Å²) in [5.74, 6) is -0.208. The van der Waals surface area contributed by atoms with E-state index in [4.69, 9.17) is 11.6 Å². The summed E-state index contributed by atoms with van der Waals surface area (Å²) >= 11 is 5.61. The molecule has 0 heterocycles. The Labute approximate surface area is 79.3 Å². The van der Waals surface area contributed by atoms with Gasteiger partial charge in [-0.3, -0.25) is 0 Å². The van der Waals surface area contributed by atoms with Crippen LogP contribution in [0, 0.1) is 6.92 Å². The first-order valence-electron chi connectivity index (χ1n) is 3.53. The summed E-state index contributed by atoms with van der Waals surface area (Å²) in [5, 5.41) is 9.47. The molecule has 1 aromatic rings.